The van der Waals surface area contributed by atoms with Gasteiger partial charge >= 0.3 is 0 Å². The van der Waals surface area contributed by atoms with Crippen LogP contribution in [0.1, 0.15) is 21.5 Å². The van der Waals surface area contributed by atoms with Crippen molar-refractivity contribution >= 4 is 6.29 Å². The van der Waals surface area contributed by atoms with Crippen molar-refractivity contribution in [2.75, 3.05) is 7.11 Å². The van der Waals surface area contributed by atoms with Crippen LogP contribution in [0.2, 0.25) is 0 Å². The third-order valence-electron chi connectivity index (χ3n) is 3.31. The molecule has 2 rings (SSSR count). The third kappa shape index (κ3) is 2.36. The number of carbonyl (C=O) groups is 1. The average Bonchev–Trinajstić information content (AvgIpc) is 2.42. The molecular formula is C16H15FO2. The van der Waals surface area contributed by atoms with Crippen molar-refractivity contribution in [3.05, 3.63) is 52.8 Å². The summed E-state index contributed by atoms with van der Waals surface area (Å²) in [6.45, 7) is 3.98. The van der Waals surface area contributed by atoms with E-state index in [9.17, 15) is 9.18 Å². The molecule has 2 aromatic carbocycles. The molecule has 0 aromatic heterocycles. The second-order valence-corrected chi connectivity index (χ2v) is 4.44. The van der Waals surface area contributed by atoms with Crippen LogP contribution in [0.4, 0.5) is 4.39 Å². The lowest BCUT2D eigenvalue weighted by Crippen LogP contribution is -1.95. The van der Waals surface area contributed by atoms with Gasteiger partial charge in [0.15, 0.2) is 6.29 Å². The summed E-state index contributed by atoms with van der Waals surface area (Å²) in [6, 6.07) is 8.39. The van der Waals surface area contributed by atoms with Crippen LogP contribution in [0.3, 0.4) is 0 Å². The maximum Gasteiger partial charge on any atom is 0.153 e. The molecule has 0 aliphatic rings. The minimum absolute atomic E-state index is 0.0535. The third-order valence-corrected chi connectivity index (χ3v) is 3.31. The smallest absolute Gasteiger partial charge is 0.153 e. The molecule has 0 N–H and O–H groups in total. The zero-order valence-electron chi connectivity index (χ0n) is 11.2. The van der Waals surface area contributed by atoms with Crippen LogP contribution in [-0.2, 0) is 0 Å². The van der Waals surface area contributed by atoms with Gasteiger partial charge in [0.05, 0.1) is 12.7 Å². The van der Waals surface area contributed by atoms with E-state index in [0.717, 1.165) is 28.0 Å². The summed E-state index contributed by atoms with van der Waals surface area (Å²) < 4.78 is 18.8. The van der Waals surface area contributed by atoms with E-state index in [0.29, 0.717) is 6.29 Å². The molecule has 0 aliphatic heterocycles. The van der Waals surface area contributed by atoms with Crippen molar-refractivity contribution in [2.24, 2.45) is 0 Å². The van der Waals surface area contributed by atoms with E-state index in [4.69, 9.17) is 4.74 Å². The first-order valence-corrected chi connectivity index (χ1v) is 5.97. The fourth-order valence-electron chi connectivity index (χ4n) is 2.08. The Morgan fingerprint density at radius 1 is 1.16 bits per heavy atom. The fraction of sp³-hybridized carbons (Fsp3) is 0.188. The normalized spacial score (nSPS) is 10.3. The first-order chi connectivity index (χ1) is 9.08. The van der Waals surface area contributed by atoms with Gasteiger partial charge in [0.1, 0.15) is 11.6 Å². The summed E-state index contributed by atoms with van der Waals surface area (Å²) in [6.07, 6.45) is 0.520. The molecule has 0 saturated heterocycles. The van der Waals surface area contributed by atoms with Gasteiger partial charge in [-0.3, -0.25) is 4.79 Å². The number of hydrogen-bond donors (Lipinski definition) is 0. The molecule has 19 heavy (non-hydrogen) atoms. The van der Waals surface area contributed by atoms with Crippen molar-refractivity contribution in [1.82, 2.24) is 0 Å². The van der Waals surface area contributed by atoms with Gasteiger partial charge in [-0.1, -0.05) is 18.2 Å². The number of rotatable bonds is 3. The Bertz CT molecular complexity index is 633. The second kappa shape index (κ2) is 5.22. The zero-order chi connectivity index (χ0) is 14.0. The first kappa shape index (κ1) is 13.3. The predicted octanol–water partition coefficient (Wildman–Crippen LogP) is 3.93. The van der Waals surface area contributed by atoms with E-state index >= 15 is 0 Å². The number of aryl methyl sites for hydroxylation is 1. The summed E-state index contributed by atoms with van der Waals surface area (Å²) in [4.78, 5) is 10.8. The van der Waals surface area contributed by atoms with Crippen LogP contribution in [0.25, 0.3) is 11.1 Å². The number of aldehydes is 1. The summed E-state index contributed by atoms with van der Waals surface area (Å²) in [7, 11) is 1.61. The van der Waals surface area contributed by atoms with Gasteiger partial charge in [-0.25, -0.2) is 4.39 Å². The van der Waals surface area contributed by atoms with E-state index in [2.05, 4.69) is 0 Å². The van der Waals surface area contributed by atoms with Crippen molar-refractivity contribution < 1.29 is 13.9 Å². The van der Waals surface area contributed by atoms with Crippen LogP contribution < -0.4 is 4.74 Å². The van der Waals surface area contributed by atoms with E-state index in [1.807, 2.05) is 26.0 Å². The van der Waals surface area contributed by atoms with Crippen molar-refractivity contribution in [1.29, 1.82) is 0 Å². The Labute approximate surface area is 111 Å². The van der Waals surface area contributed by atoms with Crippen LogP contribution in [0.5, 0.6) is 5.75 Å². The van der Waals surface area contributed by atoms with Crippen LogP contribution >= 0.6 is 0 Å². The second-order valence-electron chi connectivity index (χ2n) is 4.44. The quantitative estimate of drug-likeness (QED) is 0.780. The average molecular weight is 258 g/mol. The van der Waals surface area contributed by atoms with Gasteiger partial charge in [-0.05, 0) is 42.7 Å². The van der Waals surface area contributed by atoms with E-state index in [1.54, 1.807) is 13.2 Å². The van der Waals surface area contributed by atoms with Gasteiger partial charge in [-0.15, -0.1) is 0 Å². The molecule has 0 atom stereocenters. The Balaban J connectivity index is 2.65. The zero-order valence-corrected chi connectivity index (χ0v) is 11.2. The molecule has 3 heteroatoms. The molecule has 0 heterocycles. The van der Waals surface area contributed by atoms with E-state index < -0.39 is 5.82 Å². The molecule has 0 radical (unpaired) electrons. The Morgan fingerprint density at radius 2 is 1.89 bits per heavy atom. The molecule has 0 unspecified atom stereocenters. The van der Waals surface area contributed by atoms with Gasteiger partial charge in [0.2, 0.25) is 0 Å². The van der Waals surface area contributed by atoms with Crippen molar-refractivity contribution in [2.45, 2.75) is 13.8 Å². The molecule has 98 valence electrons. The summed E-state index contributed by atoms with van der Waals surface area (Å²) in [5, 5.41) is 0. The molecular weight excluding hydrogens is 243 g/mol. The van der Waals surface area contributed by atoms with Crippen LogP contribution in [0, 0.1) is 19.7 Å². The largest absolute Gasteiger partial charge is 0.496 e. The first-order valence-electron chi connectivity index (χ1n) is 5.97. The minimum Gasteiger partial charge on any atom is -0.496 e. The maximum absolute atomic E-state index is 13.3. The Hall–Kier alpha value is -2.16. The maximum atomic E-state index is 13.3. The number of benzene rings is 2. The number of carbonyl (C=O) groups excluding carboxylic acids is 1. The van der Waals surface area contributed by atoms with Gasteiger partial charge in [0.25, 0.3) is 0 Å². The number of hydrogen-bond acceptors (Lipinski definition) is 2. The molecule has 0 amide bonds. The molecule has 0 fully saturated rings. The highest BCUT2D eigenvalue weighted by Gasteiger charge is 2.12. The SMILES string of the molecule is COc1c(-c2ccc(F)c(C=O)c2)ccc(C)c1C. The summed E-state index contributed by atoms with van der Waals surface area (Å²) >= 11 is 0. The van der Waals surface area contributed by atoms with Crippen molar-refractivity contribution in [3.63, 3.8) is 0 Å². The molecule has 0 saturated carbocycles. The standard InChI is InChI=1S/C16H15FO2/c1-10-4-6-14(16(19-3)11(10)2)12-5-7-15(17)13(8-12)9-18/h4-9H,1-3H3. The lowest BCUT2D eigenvalue weighted by molar-refractivity contribution is 0.112. The Kier molecular flexibility index (Phi) is 3.65. The van der Waals surface area contributed by atoms with Gasteiger partial charge in [0, 0.05) is 5.56 Å². The summed E-state index contributed by atoms with van der Waals surface area (Å²) in [5.41, 5.74) is 3.84. The molecule has 0 spiro atoms. The highest BCUT2D eigenvalue weighted by Crippen LogP contribution is 2.34. The molecule has 2 nitrogen and oxygen atoms in total. The topological polar surface area (TPSA) is 26.3 Å². The van der Waals surface area contributed by atoms with Crippen molar-refractivity contribution in [3.8, 4) is 16.9 Å². The summed E-state index contributed by atoms with van der Waals surface area (Å²) in [5.74, 6) is 0.241. The van der Waals surface area contributed by atoms with Gasteiger partial charge < -0.3 is 4.74 Å². The minimum atomic E-state index is -0.512. The lowest BCUT2D eigenvalue weighted by atomic mass is 9.97. The highest BCUT2D eigenvalue weighted by molar-refractivity contribution is 5.81. The van der Waals surface area contributed by atoms with Crippen LogP contribution in [0.15, 0.2) is 30.3 Å². The fourth-order valence-corrected chi connectivity index (χ4v) is 2.08. The number of halogens is 1. The predicted molar refractivity (Wildman–Crippen MR) is 73.2 cm³/mol. The highest BCUT2D eigenvalue weighted by atomic mass is 19.1. The number of ether oxygens (including phenoxy) is 1. The Morgan fingerprint density at radius 3 is 2.53 bits per heavy atom. The van der Waals surface area contributed by atoms with Crippen LogP contribution in [-0.4, -0.2) is 13.4 Å². The number of methoxy groups -OCH3 is 1. The molecule has 2 aromatic rings. The molecule has 0 aliphatic carbocycles. The lowest BCUT2D eigenvalue weighted by Gasteiger charge is -2.14. The van der Waals surface area contributed by atoms with E-state index in [-0.39, 0.29) is 5.56 Å². The van der Waals surface area contributed by atoms with Gasteiger partial charge in [-0.2, -0.15) is 0 Å². The van der Waals surface area contributed by atoms with E-state index in [1.165, 1.54) is 12.1 Å². The molecule has 0 bridgehead atoms. The monoisotopic (exact) mass is 258 g/mol.